The van der Waals surface area contributed by atoms with Crippen LogP contribution in [0.2, 0.25) is 0 Å². The highest BCUT2D eigenvalue weighted by molar-refractivity contribution is 7.15. The quantitative estimate of drug-likeness (QED) is 0.321. The van der Waals surface area contributed by atoms with Crippen LogP contribution in [0.25, 0.3) is 5.76 Å². The number of aliphatic hydroxyl groups is 1. The molecule has 12 heteroatoms. The normalized spacial score (nSPS) is 17.8. The second-order valence-corrected chi connectivity index (χ2v) is 8.28. The highest BCUT2D eigenvalue weighted by Gasteiger charge is 2.48. The predicted octanol–water partition coefficient (Wildman–Crippen LogP) is 4.38. The minimum absolute atomic E-state index is 0.106. The van der Waals surface area contributed by atoms with Gasteiger partial charge in [0.15, 0.2) is 0 Å². The number of hydrogen-bond donors (Lipinski definition) is 1. The number of nitrogens with zero attached hydrogens (tertiary/aromatic N) is 3. The number of aliphatic hydroxyl groups excluding tert-OH is 1. The second kappa shape index (κ2) is 8.78. The molecule has 1 amide bonds. The molecule has 1 atom stereocenters. The predicted molar refractivity (Wildman–Crippen MR) is 116 cm³/mol. The van der Waals surface area contributed by atoms with Crippen LogP contribution in [0.15, 0.2) is 54.1 Å². The zero-order chi connectivity index (χ0) is 24.6. The number of anilines is 1. The van der Waals surface area contributed by atoms with E-state index in [1.54, 1.807) is 19.1 Å². The molecule has 3 aromatic rings. The van der Waals surface area contributed by atoms with Gasteiger partial charge in [-0.1, -0.05) is 23.5 Å². The molecule has 1 fully saturated rings. The van der Waals surface area contributed by atoms with Gasteiger partial charge in [0.05, 0.1) is 18.7 Å². The molecule has 1 aromatic heterocycles. The maximum Gasteiger partial charge on any atom is 0.573 e. The highest BCUT2D eigenvalue weighted by Crippen LogP contribution is 2.43. The second-order valence-electron chi connectivity index (χ2n) is 7.12. The summed E-state index contributed by atoms with van der Waals surface area (Å²) >= 11 is 1.05. The lowest BCUT2D eigenvalue weighted by atomic mass is 9.95. The van der Waals surface area contributed by atoms with Crippen molar-refractivity contribution in [2.75, 3.05) is 12.0 Å². The average molecular weight is 491 g/mol. The van der Waals surface area contributed by atoms with Crippen LogP contribution in [0.5, 0.6) is 11.5 Å². The molecule has 0 spiro atoms. The third kappa shape index (κ3) is 4.44. The molecule has 1 aliphatic rings. The van der Waals surface area contributed by atoms with Crippen molar-refractivity contribution in [1.82, 2.24) is 10.2 Å². The van der Waals surface area contributed by atoms with Gasteiger partial charge in [0, 0.05) is 5.56 Å². The van der Waals surface area contributed by atoms with Gasteiger partial charge in [-0.3, -0.25) is 14.5 Å². The fraction of sp³-hybridized carbons (Fsp3) is 0.182. The lowest BCUT2D eigenvalue weighted by Crippen LogP contribution is -2.29. The molecule has 1 unspecified atom stereocenters. The Morgan fingerprint density at radius 3 is 2.18 bits per heavy atom. The van der Waals surface area contributed by atoms with E-state index in [9.17, 15) is 27.9 Å². The molecule has 34 heavy (non-hydrogen) atoms. The molecule has 176 valence electrons. The first-order chi connectivity index (χ1) is 16.1. The van der Waals surface area contributed by atoms with Gasteiger partial charge in [-0.15, -0.1) is 23.4 Å². The first-order valence-corrected chi connectivity index (χ1v) is 10.5. The van der Waals surface area contributed by atoms with Crippen molar-refractivity contribution in [2.24, 2.45) is 0 Å². The first kappa shape index (κ1) is 23.2. The Labute approximate surface area is 194 Å². The molecule has 1 N–H and O–H groups in total. The van der Waals surface area contributed by atoms with E-state index in [-0.39, 0.29) is 21.8 Å². The Hall–Kier alpha value is -3.93. The molecule has 4 rings (SSSR count). The van der Waals surface area contributed by atoms with Gasteiger partial charge in [0.25, 0.3) is 5.78 Å². The number of ether oxygens (including phenoxy) is 2. The monoisotopic (exact) mass is 491 g/mol. The number of halogens is 3. The molecule has 0 radical (unpaired) electrons. The molecule has 0 aliphatic carbocycles. The lowest BCUT2D eigenvalue weighted by Gasteiger charge is -2.22. The van der Waals surface area contributed by atoms with Gasteiger partial charge in [-0.2, -0.15) is 0 Å². The van der Waals surface area contributed by atoms with Gasteiger partial charge in [0.2, 0.25) is 5.13 Å². The average Bonchev–Trinajstić information content (AvgIpc) is 3.33. The third-order valence-electron chi connectivity index (χ3n) is 4.96. The van der Waals surface area contributed by atoms with Gasteiger partial charge in [-0.25, -0.2) is 0 Å². The van der Waals surface area contributed by atoms with E-state index >= 15 is 0 Å². The molecule has 8 nitrogen and oxygen atoms in total. The standard InChI is InChI=1S/C22H16F3N3O5S/c1-11-26-27-21(34-11)28-17(12-3-9-15(10-4-12)33-22(23,24)25)16(19(30)20(28)31)18(29)13-5-7-14(32-2)8-6-13/h3-10,17,29H,1-2H3/b18-16+. The number of amides is 1. The first-order valence-electron chi connectivity index (χ1n) is 9.70. The highest BCUT2D eigenvalue weighted by atomic mass is 32.1. The van der Waals surface area contributed by atoms with E-state index in [0.29, 0.717) is 10.8 Å². The van der Waals surface area contributed by atoms with Crippen LogP contribution in [0.3, 0.4) is 0 Å². The van der Waals surface area contributed by atoms with Crippen LogP contribution in [0.4, 0.5) is 18.3 Å². The summed E-state index contributed by atoms with van der Waals surface area (Å²) in [6.07, 6.45) is -4.88. The molecular formula is C22H16F3N3O5S. The number of rotatable bonds is 5. The van der Waals surface area contributed by atoms with Crippen molar-refractivity contribution in [2.45, 2.75) is 19.3 Å². The lowest BCUT2D eigenvalue weighted by molar-refractivity contribution is -0.274. The van der Waals surface area contributed by atoms with Gasteiger partial charge < -0.3 is 14.6 Å². The smallest absolute Gasteiger partial charge is 0.507 e. The number of hydrogen-bond acceptors (Lipinski definition) is 8. The number of aromatic nitrogens is 2. The van der Waals surface area contributed by atoms with Crippen molar-refractivity contribution in [3.05, 3.63) is 70.2 Å². The largest absolute Gasteiger partial charge is 0.573 e. The fourth-order valence-electron chi connectivity index (χ4n) is 3.48. The Morgan fingerprint density at radius 2 is 1.65 bits per heavy atom. The Morgan fingerprint density at radius 1 is 1.03 bits per heavy atom. The fourth-order valence-corrected chi connectivity index (χ4v) is 4.20. The maximum atomic E-state index is 13.0. The Balaban J connectivity index is 1.85. The number of benzene rings is 2. The maximum absolute atomic E-state index is 13.0. The Bertz CT molecular complexity index is 1270. The molecule has 0 bridgehead atoms. The van der Waals surface area contributed by atoms with E-state index in [1.165, 1.54) is 31.4 Å². The molecule has 1 saturated heterocycles. The number of ketones is 1. The van der Waals surface area contributed by atoms with E-state index in [4.69, 9.17) is 4.74 Å². The van der Waals surface area contributed by atoms with E-state index in [0.717, 1.165) is 28.4 Å². The molecule has 2 aromatic carbocycles. The third-order valence-corrected chi connectivity index (χ3v) is 5.80. The van der Waals surface area contributed by atoms with Crippen LogP contribution >= 0.6 is 11.3 Å². The number of carbonyl (C=O) groups is 2. The topological polar surface area (TPSA) is 102 Å². The summed E-state index contributed by atoms with van der Waals surface area (Å²) in [5.74, 6) is -2.34. The molecule has 1 aliphatic heterocycles. The number of aryl methyl sites for hydroxylation is 1. The Kier molecular flexibility index (Phi) is 6.00. The summed E-state index contributed by atoms with van der Waals surface area (Å²) < 4.78 is 46.7. The number of Topliss-reactive ketones (excluding diaryl/α,β-unsaturated/α-hetero) is 1. The summed E-state index contributed by atoms with van der Waals surface area (Å²) in [5.41, 5.74) is 0.262. The van der Waals surface area contributed by atoms with Crippen LogP contribution in [-0.2, 0) is 9.59 Å². The van der Waals surface area contributed by atoms with Crippen LogP contribution in [-0.4, -0.2) is 40.5 Å². The molecule has 2 heterocycles. The molecule has 0 saturated carbocycles. The van der Waals surface area contributed by atoms with Gasteiger partial charge in [0.1, 0.15) is 22.3 Å². The zero-order valence-electron chi connectivity index (χ0n) is 17.7. The van der Waals surface area contributed by atoms with Gasteiger partial charge in [-0.05, 0) is 48.9 Å². The van der Waals surface area contributed by atoms with Crippen molar-refractivity contribution < 1.29 is 37.3 Å². The summed E-state index contributed by atoms with van der Waals surface area (Å²) in [6, 6.07) is 9.66. The van der Waals surface area contributed by atoms with Crippen molar-refractivity contribution in [3.8, 4) is 11.5 Å². The number of methoxy groups -OCH3 is 1. The van der Waals surface area contributed by atoms with E-state index in [1.807, 2.05) is 0 Å². The summed E-state index contributed by atoms with van der Waals surface area (Å²) in [4.78, 5) is 27.1. The summed E-state index contributed by atoms with van der Waals surface area (Å²) in [5, 5.41) is 19.5. The van der Waals surface area contributed by atoms with Crippen molar-refractivity contribution >= 4 is 33.9 Å². The minimum atomic E-state index is -4.88. The SMILES string of the molecule is COc1ccc(/C(O)=C2\C(=O)C(=O)N(c3nnc(C)s3)C2c2ccc(OC(F)(F)F)cc2)cc1. The van der Waals surface area contributed by atoms with Crippen molar-refractivity contribution in [3.63, 3.8) is 0 Å². The summed E-state index contributed by atoms with van der Waals surface area (Å²) in [6.45, 7) is 1.66. The molecular weight excluding hydrogens is 475 g/mol. The number of alkyl halides is 3. The van der Waals surface area contributed by atoms with E-state index < -0.39 is 35.6 Å². The minimum Gasteiger partial charge on any atom is -0.507 e. The number of carbonyl (C=O) groups excluding carboxylic acids is 2. The zero-order valence-corrected chi connectivity index (χ0v) is 18.5. The summed E-state index contributed by atoms with van der Waals surface area (Å²) in [7, 11) is 1.47. The van der Waals surface area contributed by atoms with Crippen LogP contribution in [0, 0.1) is 6.92 Å². The van der Waals surface area contributed by atoms with Crippen LogP contribution in [0.1, 0.15) is 22.2 Å². The van der Waals surface area contributed by atoms with E-state index in [2.05, 4.69) is 14.9 Å². The van der Waals surface area contributed by atoms with Gasteiger partial charge >= 0.3 is 12.3 Å². The van der Waals surface area contributed by atoms with Crippen molar-refractivity contribution in [1.29, 1.82) is 0 Å². The van der Waals surface area contributed by atoms with Crippen LogP contribution < -0.4 is 14.4 Å².